The van der Waals surface area contributed by atoms with Crippen molar-refractivity contribution in [2.75, 3.05) is 17.2 Å². The number of hydrogen-bond acceptors (Lipinski definition) is 6. The van der Waals surface area contributed by atoms with Crippen LogP contribution in [0.4, 0.5) is 17.5 Å². The molecule has 0 unspecified atom stereocenters. The number of anilines is 3. The molecule has 3 N–H and O–H groups in total. The predicted octanol–water partition coefficient (Wildman–Crippen LogP) is 1.57. The summed E-state index contributed by atoms with van der Waals surface area (Å²) in [6.45, 7) is 5.40. The highest BCUT2D eigenvalue weighted by Gasteiger charge is 2.27. The predicted molar refractivity (Wildman–Crippen MR) is 87.7 cm³/mol. The standard InChI is InChI=1S/C15H19BN4O2/c1-3-6-17-14-10(2)8-18-15(20-14)19-12-4-5-13-11(7-12)9-22-16(13)21/h4-5,7-8,21H,3,6,9H2,1-2H3,(H2,17,18,19,20). The van der Waals surface area contributed by atoms with Gasteiger partial charge in [-0.05, 0) is 36.5 Å². The number of benzene rings is 1. The highest BCUT2D eigenvalue weighted by atomic mass is 16.5. The van der Waals surface area contributed by atoms with Gasteiger partial charge in [-0.15, -0.1) is 0 Å². The van der Waals surface area contributed by atoms with E-state index in [-0.39, 0.29) is 0 Å². The van der Waals surface area contributed by atoms with Crippen LogP contribution in [0.15, 0.2) is 24.4 Å². The van der Waals surface area contributed by atoms with Crippen LogP contribution in [0.3, 0.4) is 0 Å². The SMILES string of the molecule is CCCNc1nc(Nc2ccc3c(c2)COB3O)ncc1C. The molecule has 2 aromatic rings. The first-order chi connectivity index (χ1) is 10.7. The van der Waals surface area contributed by atoms with Gasteiger partial charge in [0.05, 0.1) is 6.61 Å². The van der Waals surface area contributed by atoms with E-state index < -0.39 is 7.12 Å². The molecule has 1 aliphatic rings. The van der Waals surface area contributed by atoms with Gasteiger partial charge >= 0.3 is 7.12 Å². The molecule has 0 aliphatic carbocycles. The van der Waals surface area contributed by atoms with Crippen LogP contribution in [-0.2, 0) is 11.3 Å². The molecule has 0 radical (unpaired) electrons. The molecular formula is C15H19BN4O2. The minimum absolute atomic E-state index is 0.421. The van der Waals surface area contributed by atoms with E-state index in [1.807, 2.05) is 25.1 Å². The number of hydrogen-bond donors (Lipinski definition) is 3. The van der Waals surface area contributed by atoms with Crippen molar-refractivity contribution in [3.8, 4) is 0 Å². The summed E-state index contributed by atoms with van der Waals surface area (Å²) < 4.78 is 5.19. The van der Waals surface area contributed by atoms with Crippen molar-refractivity contribution in [1.82, 2.24) is 9.97 Å². The van der Waals surface area contributed by atoms with E-state index in [1.54, 1.807) is 6.20 Å². The summed E-state index contributed by atoms with van der Waals surface area (Å²) in [6.07, 6.45) is 2.84. The first kappa shape index (κ1) is 14.8. The summed E-state index contributed by atoms with van der Waals surface area (Å²) in [5.74, 6) is 1.39. The van der Waals surface area contributed by atoms with E-state index >= 15 is 0 Å². The van der Waals surface area contributed by atoms with E-state index in [4.69, 9.17) is 4.65 Å². The molecule has 1 aliphatic heterocycles. The smallest absolute Gasteiger partial charge is 0.423 e. The minimum Gasteiger partial charge on any atom is -0.423 e. The molecule has 0 amide bonds. The normalized spacial score (nSPS) is 13.1. The van der Waals surface area contributed by atoms with Crippen molar-refractivity contribution in [1.29, 1.82) is 0 Å². The largest absolute Gasteiger partial charge is 0.491 e. The summed E-state index contributed by atoms with van der Waals surface area (Å²) >= 11 is 0. The third-order valence-corrected chi connectivity index (χ3v) is 3.58. The highest BCUT2D eigenvalue weighted by molar-refractivity contribution is 6.61. The Hall–Kier alpha value is -2.12. The van der Waals surface area contributed by atoms with E-state index in [2.05, 4.69) is 27.5 Å². The van der Waals surface area contributed by atoms with Crippen molar-refractivity contribution in [3.63, 3.8) is 0 Å². The average molecular weight is 298 g/mol. The second kappa shape index (κ2) is 6.33. The van der Waals surface area contributed by atoms with Gasteiger partial charge in [0.2, 0.25) is 5.95 Å². The van der Waals surface area contributed by atoms with Gasteiger partial charge in [-0.1, -0.05) is 13.0 Å². The molecule has 2 heterocycles. The summed E-state index contributed by atoms with van der Waals surface area (Å²) in [7, 11) is -0.815. The molecule has 0 atom stereocenters. The summed E-state index contributed by atoms with van der Waals surface area (Å²) in [5, 5.41) is 16.1. The van der Waals surface area contributed by atoms with Crippen molar-refractivity contribution in [3.05, 3.63) is 35.5 Å². The Kier molecular flexibility index (Phi) is 4.26. The Morgan fingerprint density at radius 3 is 3.09 bits per heavy atom. The zero-order chi connectivity index (χ0) is 15.5. The number of fused-ring (bicyclic) bond motifs is 1. The molecule has 3 rings (SSSR count). The number of rotatable bonds is 5. The molecule has 6 nitrogen and oxygen atoms in total. The Morgan fingerprint density at radius 2 is 2.27 bits per heavy atom. The zero-order valence-electron chi connectivity index (χ0n) is 12.8. The van der Waals surface area contributed by atoms with Crippen LogP contribution in [0.5, 0.6) is 0 Å². The number of aryl methyl sites for hydroxylation is 1. The Morgan fingerprint density at radius 1 is 1.41 bits per heavy atom. The summed E-state index contributed by atoms with van der Waals surface area (Å²) in [6, 6.07) is 5.70. The first-order valence-electron chi connectivity index (χ1n) is 7.44. The van der Waals surface area contributed by atoms with E-state index in [0.717, 1.165) is 41.1 Å². The zero-order valence-corrected chi connectivity index (χ0v) is 12.8. The van der Waals surface area contributed by atoms with Gasteiger partial charge in [-0.3, -0.25) is 0 Å². The highest BCUT2D eigenvalue weighted by Crippen LogP contribution is 2.19. The maximum Gasteiger partial charge on any atom is 0.491 e. The maximum atomic E-state index is 9.64. The number of aromatic nitrogens is 2. The van der Waals surface area contributed by atoms with Gasteiger partial charge in [0.15, 0.2) is 0 Å². The minimum atomic E-state index is -0.815. The second-order valence-corrected chi connectivity index (χ2v) is 5.35. The van der Waals surface area contributed by atoms with Crippen LogP contribution < -0.4 is 16.1 Å². The Bertz CT molecular complexity index is 681. The fraction of sp³-hybridized carbons (Fsp3) is 0.333. The third kappa shape index (κ3) is 3.05. The number of nitrogens with one attached hydrogen (secondary N) is 2. The number of nitrogens with zero attached hydrogens (tertiary/aromatic N) is 2. The van der Waals surface area contributed by atoms with Crippen LogP contribution in [0.1, 0.15) is 24.5 Å². The molecular weight excluding hydrogens is 279 g/mol. The lowest BCUT2D eigenvalue weighted by molar-refractivity contribution is 0.275. The fourth-order valence-corrected chi connectivity index (χ4v) is 2.36. The van der Waals surface area contributed by atoms with Crippen molar-refractivity contribution < 1.29 is 9.68 Å². The average Bonchev–Trinajstić information content (AvgIpc) is 2.89. The molecule has 0 fully saturated rings. The van der Waals surface area contributed by atoms with Crippen molar-refractivity contribution >= 4 is 30.0 Å². The summed E-state index contributed by atoms with van der Waals surface area (Å²) in [4.78, 5) is 8.81. The van der Waals surface area contributed by atoms with Crippen LogP contribution in [0, 0.1) is 6.92 Å². The van der Waals surface area contributed by atoms with E-state index in [9.17, 15) is 5.02 Å². The topological polar surface area (TPSA) is 79.3 Å². The Labute approximate surface area is 130 Å². The summed E-state index contributed by atoms with van der Waals surface area (Å²) in [5.41, 5.74) is 3.70. The maximum absolute atomic E-state index is 9.64. The molecule has 0 saturated heterocycles. The van der Waals surface area contributed by atoms with Crippen LogP contribution in [0.25, 0.3) is 0 Å². The van der Waals surface area contributed by atoms with Crippen molar-refractivity contribution in [2.45, 2.75) is 26.9 Å². The molecule has 7 heteroatoms. The van der Waals surface area contributed by atoms with Crippen LogP contribution >= 0.6 is 0 Å². The van der Waals surface area contributed by atoms with E-state index in [0.29, 0.717) is 12.6 Å². The van der Waals surface area contributed by atoms with Crippen LogP contribution in [-0.4, -0.2) is 28.7 Å². The monoisotopic (exact) mass is 298 g/mol. The second-order valence-electron chi connectivity index (χ2n) is 5.35. The fourth-order valence-electron chi connectivity index (χ4n) is 2.36. The van der Waals surface area contributed by atoms with Gasteiger partial charge in [0, 0.05) is 24.0 Å². The molecule has 1 aromatic heterocycles. The van der Waals surface area contributed by atoms with Gasteiger partial charge in [0.25, 0.3) is 0 Å². The molecule has 1 aromatic carbocycles. The lowest BCUT2D eigenvalue weighted by atomic mass is 9.79. The third-order valence-electron chi connectivity index (χ3n) is 3.58. The quantitative estimate of drug-likeness (QED) is 0.727. The lowest BCUT2D eigenvalue weighted by Gasteiger charge is -2.11. The van der Waals surface area contributed by atoms with Gasteiger partial charge in [0.1, 0.15) is 5.82 Å². The Balaban J connectivity index is 1.78. The van der Waals surface area contributed by atoms with Crippen LogP contribution in [0.2, 0.25) is 0 Å². The molecule has 0 saturated carbocycles. The van der Waals surface area contributed by atoms with E-state index in [1.165, 1.54) is 0 Å². The van der Waals surface area contributed by atoms with Gasteiger partial charge < -0.3 is 20.3 Å². The molecule has 0 spiro atoms. The van der Waals surface area contributed by atoms with Gasteiger partial charge in [-0.25, -0.2) is 4.98 Å². The van der Waals surface area contributed by atoms with Crippen molar-refractivity contribution in [2.24, 2.45) is 0 Å². The lowest BCUT2D eigenvalue weighted by Crippen LogP contribution is -2.27. The molecule has 0 bridgehead atoms. The van der Waals surface area contributed by atoms with Gasteiger partial charge in [-0.2, -0.15) is 4.98 Å². The molecule has 114 valence electrons. The molecule has 22 heavy (non-hydrogen) atoms. The first-order valence-corrected chi connectivity index (χ1v) is 7.44.